The minimum absolute atomic E-state index is 0.135. The lowest BCUT2D eigenvalue weighted by Crippen LogP contribution is -2.31. The van der Waals surface area contributed by atoms with E-state index >= 15 is 0 Å². The molecular formula is C15H16F3N3O2S. The van der Waals surface area contributed by atoms with E-state index in [0.717, 1.165) is 6.20 Å². The summed E-state index contributed by atoms with van der Waals surface area (Å²) in [5, 5.41) is 3.46. The van der Waals surface area contributed by atoms with Gasteiger partial charge in [-0.15, -0.1) is 0 Å². The van der Waals surface area contributed by atoms with Gasteiger partial charge in [-0.1, -0.05) is 18.2 Å². The summed E-state index contributed by atoms with van der Waals surface area (Å²) in [5.74, 6) is -0.482. The fraction of sp³-hybridized carbons (Fsp3) is 0.400. The lowest BCUT2D eigenvalue weighted by Gasteiger charge is -2.24. The molecule has 1 fully saturated rings. The van der Waals surface area contributed by atoms with E-state index in [1.807, 2.05) is 0 Å². The third kappa shape index (κ3) is 2.71. The Morgan fingerprint density at radius 1 is 1.29 bits per heavy atom. The molecule has 1 aromatic carbocycles. The first-order valence-electron chi connectivity index (χ1n) is 7.42. The molecule has 1 aliphatic heterocycles. The fourth-order valence-corrected chi connectivity index (χ4v) is 4.89. The van der Waals surface area contributed by atoms with E-state index in [2.05, 4.69) is 5.10 Å². The van der Waals surface area contributed by atoms with Crippen molar-refractivity contribution in [3.05, 3.63) is 47.5 Å². The van der Waals surface area contributed by atoms with Crippen LogP contribution in [0.4, 0.5) is 13.2 Å². The summed E-state index contributed by atoms with van der Waals surface area (Å²) in [6.45, 7) is -1.43. The number of hydrogen-bond donors (Lipinski definition) is 0. The summed E-state index contributed by atoms with van der Waals surface area (Å²) < 4.78 is 67.1. The summed E-state index contributed by atoms with van der Waals surface area (Å²) in [6.07, 6.45) is 1.97. The number of benzene rings is 1. The van der Waals surface area contributed by atoms with Crippen molar-refractivity contribution in [2.75, 3.05) is 6.54 Å². The summed E-state index contributed by atoms with van der Waals surface area (Å²) >= 11 is 0. The number of halogens is 3. The average Bonchev–Trinajstić information content (AvgIpc) is 3.14. The molecule has 130 valence electrons. The Kier molecular flexibility index (Phi) is 4.39. The van der Waals surface area contributed by atoms with E-state index < -0.39 is 28.4 Å². The van der Waals surface area contributed by atoms with E-state index in [1.165, 1.54) is 23.4 Å². The molecule has 0 spiro atoms. The van der Waals surface area contributed by atoms with Gasteiger partial charge in [-0.2, -0.15) is 18.2 Å². The van der Waals surface area contributed by atoms with Crippen LogP contribution in [0.25, 0.3) is 0 Å². The molecule has 0 saturated carbocycles. The first kappa shape index (κ1) is 17.0. The standard InChI is InChI=1S/C15H16F3N3O2S/c1-10-14(9-19-21(10)15(17)18)24(22,23)20-8-4-7-13(20)11-5-2-3-6-12(11)16/h2-3,5-6,9,13,15H,4,7-8H2,1H3. The van der Waals surface area contributed by atoms with Crippen LogP contribution in [0.2, 0.25) is 0 Å². The molecule has 24 heavy (non-hydrogen) atoms. The van der Waals surface area contributed by atoms with Crippen LogP contribution in [0, 0.1) is 12.7 Å². The van der Waals surface area contributed by atoms with Crippen molar-refractivity contribution in [3.8, 4) is 0 Å². The predicted octanol–water partition coefficient (Wildman–Crippen LogP) is 3.25. The van der Waals surface area contributed by atoms with E-state index in [4.69, 9.17) is 0 Å². The van der Waals surface area contributed by atoms with Crippen LogP contribution in [-0.2, 0) is 10.0 Å². The van der Waals surface area contributed by atoms with Crippen molar-refractivity contribution >= 4 is 10.0 Å². The average molecular weight is 359 g/mol. The van der Waals surface area contributed by atoms with Crippen LogP contribution in [0.3, 0.4) is 0 Å². The van der Waals surface area contributed by atoms with E-state index in [-0.39, 0.29) is 22.7 Å². The van der Waals surface area contributed by atoms with Gasteiger partial charge in [0.2, 0.25) is 10.0 Å². The maximum atomic E-state index is 14.1. The molecule has 1 aliphatic rings. The van der Waals surface area contributed by atoms with Crippen molar-refractivity contribution < 1.29 is 21.6 Å². The first-order valence-corrected chi connectivity index (χ1v) is 8.86. The highest BCUT2D eigenvalue weighted by atomic mass is 32.2. The van der Waals surface area contributed by atoms with Crippen LogP contribution in [0.1, 0.15) is 36.7 Å². The third-order valence-electron chi connectivity index (χ3n) is 4.24. The predicted molar refractivity (Wildman–Crippen MR) is 80.5 cm³/mol. The maximum Gasteiger partial charge on any atom is 0.333 e. The topological polar surface area (TPSA) is 55.2 Å². The van der Waals surface area contributed by atoms with Crippen LogP contribution in [0.5, 0.6) is 0 Å². The number of hydrogen-bond acceptors (Lipinski definition) is 3. The van der Waals surface area contributed by atoms with Crippen LogP contribution >= 0.6 is 0 Å². The highest BCUT2D eigenvalue weighted by molar-refractivity contribution is 7.89. The molecule has 2 aromatic rings. The van der Waals surface area contributed by atoms with Gasteiger partial charge < -0.3 is 0 Å². The molecule has 3 rings (SSSR count). The SMILES string of the molecule is Cc1c(S(=O)(=O)N2CCCC2c2ccccc2F)cnn1C(F)F. The molecular weight excluding hydrogens is 343 g/mol. The molecule has 2 heterocycles. The normalized spacial score (nSPS) is 19.3. The van der Waals surface area contributed by atoms with E-state index in [0.29, 0.717) is 17.5 Å². The zero-order valence-electron chi connectivity index (χ0n) is 12.9. The second-order valence-corrected chi connectivity index (χ2v) is 7.47. The molecule has 1 saturated heterocycles. The number of rotatable bonds is 4. The van der Waals surface area contributed by atoms with Gasteiger partial charge in [-0.05, 0) is 25.8 Å². The van der Waals surface area contributed by atoms with Crippen molar-refractivity contribution in [1.29, 1.82) is 0 Å². The minimum atomic E-state index is -4.05. The van der Waals surface area contributed by atoms with Crippen molar-refractivity contribution in [3.63, 3.8) is 0 Å². The summed E-state index contributed by atoms with van der Waals surface area (Å²) in [7, 11) is -4.05. The number of nitrogens with zero attached hydrogens (tertiary/aromatic N) is 3. The zero-order chi connectivity index (χ0) is 17.5. The van der Waals surface area contributed by atoms with E-state index in [9.17, 15) is 21.6 Å². The molecule has 0 aliphatic carbocycles. The summed E-state index contributed by atoms with van der Waals surface area (Å²) in [6, 6.07) is 5.35. The molecule has 5 nitrogen and oxygen atoms in total. The Balaban J connectivity index is 2.02. The Morgan fingerprint density at radius 2 is 2.00 bits per heavy atom. The van der Waals surface area contributed by atoms with Crippen LogP contribution < -0.4 is 0 Å². The van der Waals surface area contributed by atoms with Crippen LogP contribution in [0.15, 0.2) is 35.4 Å². The Labute approximate surface area is 137 Å². The molecule has 1 aromatic heterocycles. The third-order valence-corrected chi connectivity index (χ3v) is 6.25. The molecule has 0 N–H and O–H groups in total. The van der Waals surface area contributed by atoms with Crippen molar-refractivity contribution in [2.45, 2.75) is 37.3 Å². The van der Waals surface area contributed by atoms with Gasteiger partial charge in [0.15, 0.2) is 0 Å². The number of sulfonamides is 1. The molecule has 0 bridgehead atoms. The monoisotopic (exact) mass is 359 g/mol. The van der Waals surface area contributed by atoms with Crippen molar-refractivity contribution in [2.24, 2.45) is 0 Å². The largest absolute Gasteiger partial charge is 0.333 e. The summed E-state index contributed by atoms with van der Waals surface area (Å²) in [4.78, 5) is -0.272. The zero-order valence-corrected chi connectivity index (χ0v) is 13.7. The van der Waals surface area contributed by atoms with Gasteiger partial charge in [0.25, 0.3) is 0 Å². The van der Waals surface area contributed by atoms with Gasteiger partial charge in [0.05, 0.1) is 17.9 Å². The minimum Gasteiger partial charge on any atom is -0.207 e. The molecule has 9 heteroatoms. The summed E-state index contributed by atoms with van der Waals surface area (Å²) in [5.41, 5.74) is 0.154. The number of alkyl halides is 2. The Bertz CT molecular complexity index is 851. The Hall–Kier alpha value is -1.87. The Morgan fingerprint density at radius 3 is 2.62 bits per heavy atom. The number of aromatic nitrogens is 2. The highest BCUT2D eigenvalue weighted by Crippen LogP contribution is 2.38. The maximum absolute atomic E-state index is 14.1. The second-order valence-electron chi connectivity index (χ2n) is 5.61. The molecule has 0 amide bonds. The smallest absolute Gasteiger partial charge is 0.207 e. The van der Waals surface area contributed by atoms with Crippen LogP contribution in [-0.4, -0.2) is 29.0 Å². The van der Waals surface area contributed by atoms with Crippen molar-refractivity contribution in [1.82, 2.24) is 14.1 Å². The lowest BCUT2D eigenvalue weighted by molar-refractivity contribution is 0.0541. The highest BCUT2D eigenvalue weighted by Gasteiger charge is 2.39. The molecule has 1 atom stereocenters. The second kappa shape index (κ2) is 6.21. The quantitative estimate of drug-likeness (QED) is 0.842. The fourth-order valence-electron chi connectivity index (χ4n) is 3.07. The van der Waals surface area contributed by atoms with Gasteiger partial charge in [0, 0.05) is 12.1 Å². The van der Waals surface area contributed by atoms with E-state index in [1.54, 1.807) is 12.1 Å². The van der Waals surface area contributed by atoms with Gasteiger partial charge in [-0.25, -0.2) is 17.5 Å². The molecule has 0 radical (unpaired) electrons. The van der Waals surface area contributed by atoms with Gasteiger partial charge >= 0.3 is 6.55 Å². The molecule has 1 unspecified atom stereocenters. The van der Waals surface area contributed by atoms with Gasteiger partial charge in [-0.3, -0.25) is 0 Å². The first-order chi connectivity index (χ1) is 11.3. The van der Waals surface area contributed by atoms with Gasteiger partial charge in [0.1, 0.15) is 10.7 Å². The lowest BCUT2D eigenvalue weighted by atomic mass is 10.1.